The smallest absolute Gasteiger partial charge is 0.218 e. The lowest BCUT2D eigenvalue weighted by atomic mass is 10.2. The highest BCUT2D eigenvalue weighted by Crippen LogP contribution is 2.15. The third kappa shape index (κ3) is 3.40. The predicted octanol–water partition coefficient (Wildman–Crippen LogP) is 2.08. The summed E-state index contributed by atoms with van der Waals surface area (Å²) in [6.45, 7) is 2.82. The summed E-state index contributed by atoms with van der Waals surface area (Å²) in [5, 5.41) is 0. The topological polar surface area (TPSA) is 51.1 Å². The first-order valence-corrected chi connectivity index (χ1v) is 6.24. The molecule has 0 fully saturated rings. The summed E-state index contributed by atoms with van der Waals surface area (Å²) in [6.07, 6.45) is 4.42. The Morgan fingerprint density at radius 3 is 2.68 bits per heavy atom. The average Bonchev–Trinajstić information content (AvgIpc) is 2.48. The van der Waals surface area contributed by atoms with Gasteiger partial charge in [0, 0.05) is 19.3 Å². The van der Waals surface area contributed by atoms with E-state index in [9.17, 15) is 0 Å². The molecule has 0 aliphatic rings. The van der Waals surface area contributed by atoms with Crippen molar-refractivity contribution in [1.82, 2.24) is 15.0 Å². The summed E-state index contributed by atoms with van der Waals surface area (Å²) in [7, 11) is 3.56. The van der Waals surface area contributed by atoms with Crippen LogP contribution in [0.25, 0.3) is 0 Å². The number of aromatic nitrogens is 3. The van der Waals surface area contributed by atoms with Crippen molar-refractivity contribution in [3.05, 3.63) is 42.0 Å². The zero-order valence-electron chi connectivity index (χ0n) is 11.5. The minimum atomic E-state index is 0.561. The summed E-state index contributed by atoms with van der Waals surface area (Å²) >= 11 is 0. The Balaban J connectivity index is 2.08. The third-order valence-electron chi connectivity index (χ3n) is 2.92. The number of nitrogens with zero attached hydrogens (tertiary/aromatic N) is 4. The molecule has 0 saturated heterocycles. The molecule has 5 nitrogen and oxygen atoms in total. The zero-order valence-corrected chi connectivity index (χ0v) is 11.5. The van der Waals surface area contributed by atoms with Crippen LogP contribution in [0.15, 0.2) is 30.7 Å². The van der Waals surface area contributed by atoms with Crippen molar-refractivity contribution in [3.8, 4) is 5.88 Å². The van der Waals surface area contributed by atoms with Gasteiger partial charge in [-0.1, -0.05) is 13.0 Å². The predicted molar refractivity (Wildman–Crippen MR) is 74.3 cm³/mol. The molecule has 100 valence electrons. The van der Waals surface area contributed by atoms with Crippen LogP contribution in [-0.4, -0.2) is 29.1 Å². The van der Waals surface area contributed by atoms with Gasteiger partial charge in [-0.2, -0.15) is 0 Å². The highest BCUT2D eigenvalue weighted by atomic mass is 16.5. The van der Waals surface area contributed by atoms with Gasteiger partial charge in [-0.05, 0) is 18.1 Å². The van der Waals surface area contributed by atoms with Crippen molar-refractivity contribution < 1.29 is 4.74 Å². The lowest BCUT2D eigenvalue weighted by Gasteiger charge is -2.17. The lowest BCUT2D eigenvalue weighted by molar-refractivity contribution is 0.397. The zero-order chi connectivity index (χ0) is 13.7. The minimum absolute atomic E-state index is 0.561. The van der Waals surface area contributed by atoms with Crippen molar-refractivity contribution in [1.29, 1.82) is 0 Å². The standard InChI is InChI=1S/C14H18N4O/c1-4-11-5-6-12(15-8-11)9-18(2)13-7-14(19-3)17-10-16-13/h5-8,10H,4,9H2,1-3H3. The van der Waals surface area contributed by atoms with E-state index in [0.717, 1.165) is 17.9 Å². The molecule has 0 atom stereocenters. The van der Waals surface area contributed by atoms with Gasteiger partial charge in [0.15, 0.2) is 0 Å². The summed E-state index contributed by atoms with van der Waals surface area (Å²) in [5.74, 6) is 1.37. The maximum absolute atomic E-state index is 5.09. The van der Waals surface area contributed by atoms with Crippen LogP contribution in [0.5, 0.6) is 5.88 Å². The van der Waals surface area contributed by atoms with Gasteiger partial charge in [-0.3, -0.25) is 4.98 Å². The minimum Gasteiger partial charge on any atom is -0.481 e. The number of hydrogen-bond donors (Lipinski definition) is 0. The Bertz CT molecular complexity index is 527. The normalized spacial score (nSPS) is 10.3. The fourth-order valence-electron chi connectivity index (χ4n) is 1.73. The Morgan fingerprint density at radius 2 is 2.05 bits per heavy atom. The fraction of sp³-hybridized carbons (Fsp3) is 0.357. The third-order valence-corrected chi connectivity index (χ3v) is 2.92. The van der Waals surface area contributed by atoms with E-state index in [1.165, 1.54) is 11.9 Å². The Labute approximate surface area is 113 Å². The summed E-state index contributed by atoms with van der Waals surface area (Å²) in [6, 6.07) is 5.96. The SMILES string of the molecule is CCc1ccc(CN(C)c2cc(OC)ncn2)nc1. The highest BCUT2D eigenvalue weighted by molar-refractivity contribution is 5.40. The van der Waals surface area contributed by atoms with Crippen LogP contribution in [0.4, 0.5) is 5.82 Å². The number of anilines is 1. The molecule has 2 aromatic rings. The molecule has 0 radical (unpaired) electrons. The molecule has 0 bridgehead atoms. The van der Waals surface area contributed by atoms with E-state index in [1.54, 1.807) is 13.2 Å². The summed E-state index contributed by atoms with van der Waals surface area (Å²) < 4.78 is 5.09. The van der Waals surface area contributed by atoms with Crippen molar-refractivity contribution in [3.63, 3.8) is 0 Å². The molecule has 0 aromatic carbocycles. The first-order valence-electron chi connectivity index (χ1n) is 6.24. The van der Waals surface area contributed by atoms with Crippen LogP contribution in [-0.2, 0) is 13.0 Å². The first kappa shape index (κ1) is 13.3. The van der Waals surface area contributed by atoms with Gasteiger partial charge >= 0.3 is 0 Å². The number of rotatable bonds is 5. The Kier molecular flexibility index (Phi) is 4.28. The molecule has 0 aliphatic heterocycles. The lowest BCUT2D eigenvalue weighted by Crippen LogP contribution is -2.18. The number of ether oxygens (including phenoxy) is 1. The highest BCUT2D eigenvalue weighted by Gasteiger charge is 2.06. The second-order valence-electron chi connectivity index (χ2n) is 4.29. The second-order valence-corrected chi connectivity index (χ2v) is 4.29. The van der Waals surface area contributed by atoms with Gasteiger partial charge in [0.05, 0.1) is 19.3 Å². The number of methoxy groups -OCH3 is 1. The largest absolute Gasteiger partial charge is 0.481 e. The van der Waals surface area contributed by atoms with Crippen molar-refractivity contribution in [2.24, 2.45) is 0 Å². The quantitative estimate of drug-likeness (QED) is 0.821. The van der Waals surface area contributed by atoms with Crippen molar-refractivity contribution in [2.75, 3.05) is 19.1 Å². The molecule has 0 unspecified atom stereocenters. The van der Waals surface area contributed by atoms with Gasteiger partial charge in [-0.15, -0.1) is 0 Å². The summed E-state index contributed by atoms with van der Waals surface area (Å²) in [5.41, 5.74) is 2.26. The van der Waals surface area contributed by atoms with Gasteiger partial charge in [0.2, 0.25) is 5.88 Å². The van der Waals surface area contributed by atoms with E-state index in [4.69, 9.17) is 4.74 Å². The van der Waals surface area contributed by atoms with E-state index in [1.807, 2.05) is 24.2 Å². The number of aryl methyl sites for hydroxylation is 1. The molecular weight excluding hydrogens is 240 g/mol. The van der Waals surface area contributed by atoms with Crippen LogP contribution in [0.1, 0.15) is 18.2 Å². The van der Waals surface area contributed by atoms with Crippen molar-refractivity contribution >= 4 is 5.82 Å². The molecule has 0 N–H and O–H groups in total. The molecule has 0 spiro atoms. The van der Waals surface area contributed by atoms with Crippen LogP contribution < -0.4 is 9.64 Å². The van der Waals surface area contributed by atoms with E-state index in [-0.39, 0.29) is 0 Å². The maximum atomic E-state index is 5.09. The molecule has 2 aromatic heterocycles. The van der Waals surface area contributed by atoms with Crippen LogP contribution in [0.2, 0.25) is 0 Å². The van der Waals surface area contributed by atoms with E-state index in [2.05, 4.69) is 27.9 Å². The van der Waals surface area contributed by atoms with Crippen LogP contribution in [0, 0.1) is 0 Å². The number of hydrogen-bond acceptors (Lipinski definition) is 5. The van der Waals surface area contributed by atoms with E-state index in [0.29, 0.717) is 12.4 Å². The second kappa shape index (κ2) is 6.13. The first-order chi connectivity index (χ1) is 9.22. The van der Waals surface area contributed by atoms with Crippen LogP contribution >= 0.6 is 0 Å². The van der Waals surface area contributed by atoms with E-state index < -0.39 is 0 Å². The maximum Gasteiger partial charge on any atom is 0.218 e. The fourth-order valence-corrected chi connectivity index (χ4v) is 1.73. The Morgan fingerprint density at radius 1 is 1.21 bits per heavy atom. The molecular formula is C14H18N4O. The Hall–Kier alpha value is -2.17. The molecule has 0 aliphatic carbocycles. The van der Waals surface area contributed by atoms with Gasteiger partial charge in [0.25, 0.3) is 0 Å². The monoisotopic (exact) mass is 258 g/mol. The molecule has 2 rings (SSSR count). The molecule has 5 heteroatoms. The van der Waals surface area contributed by atoms with Gasteiger partial charge in [0.1, 0.15) is 12.1 Å². The molecule has 19 heavy (non-hydrogen) atoms. The average molecular weight is 258 g/mol. The van der Waals surface area contributed by atoms with Gasteiger partial charge < -0.3 is 9.64 Å². The summed E-state index contributed by atoms with van der Waals surface area (Å²) in [4.78, 5) is 14.7. The molecule has 0 amide bonds. The van der Waals surface area contributed by atoms with E-state index >= 15 is 0 Å². The number of pyridine rings is 1. The van der Waals surface area contributed by atoms with Crippen LogP contribution in [0.3, 0.4) is 0 Å². The molecule has 2 heterocycles. The molecule has 0 saturated carbocycles. The van der Waals surface area contributed by atoms with Crippen molar-refractivity contribution in [2.45, 2.75) is 19.9 Å². The van der Waals surface area contributed by atoms with Gasteiger partial charge in [-0.25, -0.2) is 9.97 Å².